The lowest BCUT2D eigenvalue weighted by Gasteiger charge is -2.15. The van der Waals surface area contributed by atoms with Gasteiger partial charge in [-0.1, -0.05) is 41.7 Å². The molecule has 19 heavy (non-hydrogen) atoms. The van der Waals surface area contributed by atoms with Crippen LogP contribution in [-0.2, 0) is 6.42 Å². The summed E-state index contributed by atoms with van der Waals surface area (Å²) in [6.07, 6.45) is 0.978. The molecule has 0 bridgehead atoms. The summed E-state index contributed by atoms with van der Waals surface area (Å²) in [5.41, 5.74) is 2.15. The Hall–Kier alpha value is -1.68. The van der Waals surface area contributed by atoms with E-state index in [9.17, 15) is 4.79 Å². The number of anilines is 1. The first-order valence-corrected chi connectivity index (χ1v) is 7.13. The number of benzene rings is 1. The first-order valence-electron chi connectivity index (χ1n) is 6.31. The third-order valence-electron chi connectivity index (χ3n) is 3.01. The number of thiazole rings is 1. The fourth-order valence-electron chi connectivity index (χ4n) is 1.91. The predicted molar refractivity (Wildman–Crippen MR) is 80.3 cm³/mol. The van der Waals surface area contributed by atoms with E-state index in [1.807, 2.05) is 20.0 Å². The van der Waals surface area contributed by atoms with E-state index >= 15 is 0 Å². The molecule has 0 N–H and O–H groups in total. The van der Waals surface area contributed by atoms with E-state index in [0.29, 0.717) is 0 Å². The molecule has 4 heteroatoms. The quantitative estimate of drug-likeness (QED) is 0.784. The van der Waals surface area contributed by atoms with E-state index in [0.717, 1.165) is 28.7 Å². The van der Waals surface area contributed by atoms with Gasteiger partial charge < -0.3 is 4.90 Å². The highest BCUT2D eigenvalue weighted by molar-refractivity contribution is 7.17. The van der Waals surface area contributed by atoms with Crippen molar-refractivity contribution in [3.8, 4) is 0 Å². The molecule has 100 valence electrons. The standard InChI is InChI=1S/C15H18N2OS/c1-11-14(12(2)18)19-15(16-11)17(3)10-9-13-7-5-4-6-8-13/h4-8H,9-10H2,1-3H3. The molecule has 2 aromatic rings. The second kappa shape index (κ2) is 5.97. The molecule has 0 aliphatic heterocycles. The van der Waals surface area contributed by atoms with Gasteiger partial charge in [-0.2, -0.15) is 0 Å². The van der Waals surface area contributed by atoms with Crippen LogP contribution in [0.1, 0.15) is 27.9 Å². The summed E-state index contributed by atoms with van der Waals surface area (Å²) in [5.74, 6) is 0.0951. The van der Waals surface area contributed by atoms with E-state index < -0.39 is 0 Å². The van der Waals surface area contributed by atoms with Crippen molar-refractivity contribution in [2.75, 3.05) is 18.5 Å². The van der Waals surface area contributed by atoms with Gasteiger partial charge in [0, 0.05) is 20.5 Å². The molecule has 0 unspecified atom stereocenters. The smallest absolute Gasteiger partial charge is 0.185 e. The number of nitrogens with zero attached hydrogens (tertiary/aromatic N) is 2. The molecule has 0 aliphatic carbocycles. The minimum Gasteiger partial charge on any atom is -0.351 e. The first-order chi connectivity index (χ1) is 9.08. The van der Waals surface area contributed by atoms with Crippen molar-refractivity contribution in [3.63, 3.8) is 0 Å². The zero-order chi connectivity index (χ0) is 13.8. The molecule has 1 aromatic heterocycles. The van der Waals surface area contributed by atoms with Crippen molar-refractivity contribution in [1.82, 2.24) is 4.98 Å². The Labute approximate surface area is 117 Å². The van der Waals surface area contributed by atoms with Gasteiger partial charge in [0.25, 0.3) is 0 Å². The van der Waals surface area contributed by atoms with Crippen molar-refractivity contribution in [1.29, 1.82) is 0 Å². The van der Waals surface area contributed by atoms with Gasteiger partial charge >= 0.3 is 0 Å². The molecule has 0 aliphatic rings. The SMILES string of the molecule is CC(=O)c1sc(N(C)CCc2ccccc2)nc1C. The summed E-state index contributed by atoms with van der Waals surface area (Å²) < 4.78 is 0. The van der Waals surface area contributed by atoms with Crippen LogP contribution in [-0.4, -0.2) is 24.4 Å². The van der Waals surface area contributed by atoms with Crippen LogP contribution in [0.4, 0.5) is 5.13 Å². The fourth-order valence-corrected chi connectivity index (χ4v) is 2.86. The first kappa shape index (κ1) is 13.7. The zero-order valence-corrected chi connectivity index (χ0v) is 12.3. The molecule has 1 heterocycles. The third kappa shape index (κ3) is 3.41. The molecular formula is C15H18N2OS. The van der Waals surface area contributed by atoms with Gasteiger partial charge in [-0.3, -0.25) is 4.79 Å². The van der Waals surface area contributed by atoms with Crippen LogP contribution in [0.25, 0.3) is 0 Å². The van der Waals surface area contributed by atoms with Crippen LogP contribution < -0.4 is 4.90 Å². The van der Waals surface area contributed by atoms with Crippen LogP contribution in [0.3, 0.4) is 0 Å². The van der Waals surface area contributed by atoms with Crippen molar-refractivity contribution in [2.24, 2.45) is 0 Å². The van der Waals surface area contributed by atoms with Gasteiger partial charge in [-0.15, -0.1) is 0 Å². The topological polar surface area (TPSA) is 33.2 Å². The Morgan fingerprint density at radius 3 is 2.58 bits per heavy atom. The Morgan fingerprint density at radius 2 is 2.00 bits per heavy atom. The number of aryl methyl sites for hydroxylation is 1. The molecule has 0 saturated carbocycles. The fraction of sp³-hybridized carbons (Fsp3) is 0.333. The summed E-state index contributed by atoms with van der Waals surface area (Å²) in [7, 11) is 2.02. The minimum atomic E-state index is 0.0951. The molecular weight excluding hydrogens is 256 g/mol. The van der Waals surface area contributed by atoms with Crippen molar-refractivity contribution < 1.29 is 4.79 Å². The normalized spacial score (nSPS) is 10.5. The Kier molecular flexibility index (Phi) is 4.32. The second-order valence-electron chi connectivity index (χ2n) is 4.62. The number of Topliss-reactive ketones (excluding diaryl/α,β-unsaturated/α-hetero) is 1. The molecule has 0 radical (unpaired) electrons. The largest absolute Gasteiger partial charge is 0.351 e. The molecule has 1 aromatic carbocycles. The van der Waals surface area contributed by atoms with Crippen molar-refractivity contribution >= 4 is 22.3 Å². The van der Waals surface area contributed by atoms with E-state index in [4.69, 9.17) is 0 Å². The van der Waals surface area contributed by atoms with Gasteiger partial charge in [0.2, 0.25) is 0 Å². The average molecular weight is 274 g/mol. The lowest BCUT2D eigenvalue weighted by atomic mass is 10.1. The van der Waals surface area contributed by atoms with Crippen molar-refractivity contribution in [2.45, 2.75) is 20.3 Å². The highest BCUT2D eigenvalue weighted by Crippen LogP contribution is 2.25. The molecule has 3 nitrogen and oxygen atoms in total. The maximum absolute atomic E-state index is 11.4. The predicted octanol–water partition coefficient (Wildman–Crippen LogP) is 3.33. The van der Waals surface area contributed by atoms with Gasteiger partial charge in [-0.05, 0) is 18.9 Å². The number of carbonyl (C=O) groups is 1. The van der Waals surface area contributed by atoms with E-state index in [1.54, 1.807) is 6.92 Å². The summed E-state index contributed by atoms with van der Waals surface area (Å²) in [4.78, 5) is 18.8. The Morgan fingerprint density at radius 1 is 1.32 bits per heavy atom. The number of carbonyl (C=O) groups excluding carboxylic acids is 1. The van der Waals surface area contributed by atoms with E-state index in [2.05, 4.69) is 34.1 Å². The highest BCUT2D eigenvalue weighted by Gasteiger charge is 2.13. The number of rotatable bonds is 5. The van der Waals surface area contributed by atoms with Crippen LogP contribution >= 0.6 is 11.3 Å². The van der Waals surface area contributed by atoms with Gasteiger partial charge in [0.05, 0.1) is 10.6 Å². The molecule has 0 amide bonds. The summed E-state index contributed by atoms with van der Waals surface area (Å²) in [6, 6.07) is 10.4. The monoisotopic (exact) mass is 274 g/mol. The summed E-state index contributed by atoms with van der Waals surface area (Å²) in [6.45, 7) is 4.38. The lowest BCUT2D eigenvalue weighted by molar-refractivity contribution is 0.102. The molecule has 0 atom stereocenters. The van der Waals surface area contributed by atoms with Gasteiger partial charge in [-0.25, -0.2) is 4.98 Å². The van der Waals surface area contributed by atoms with Crippen LogP contribution in [0.5, 0.6) is 0 Å². The van der Waals surface area contributed by atoms with E-state index in [1.165, 1.54) is 16.9 Å². The lowest BCUT2D eigenvalue weighted by Crippen LogP contribution is -2.20. The van der Waals surface area contributed by atoms with Crippen molar-refractivity contribution in [3.05, 3.63) is 46.5 Å². The van der Waals surface area contributed by atoms with E-state index in [-0.39, 0.29) is 5.78 Å². The van der Waals surface area contributed by atoms with Crippen LogP contribution in [0.2, 0.25) is 0 Å². The molecule has 2 rings (SSSR count). The second-order valence-corrected chi connectivity index (χ2v) is 5.60. The minimum absolute atomic E-state index is 0.0951. The third-order valence-corrected chi connectivity index (χ3v) is 4.38. The molecule has 0 saturated heterocycles. The maximum atomic E-state index is 11.4. The Balaban J connectivity index is 2.02. The molecule has 0 spiro atoms. The summed E-state index contributed by atoms with van der Waals surface area (Å²) in [5, 5.41) is 0.915. The molecule has 0 fully saturated rings. The number of ketones is 1. The number of aromatic nitrogens is 1. The number of hydrogen-bond acceptors (Lipinski definition) is 4. The summed E-state index contributed by atoms with van der Waals surface area (Å²) >= 11 is 1.48. The maximum Gasteiger partial charge on any atom is 0.185 e. The highest BCUT2D eigenvalue weighted by atomic mass is 32.1. The average Bonchev–Trinajstić information content (AvgIpc) is 2.79. The zero-order valence-electron chi connectivity index (χ0n) is 11.5. The number of hydrogen-bond donors (Lipinski definition) is 0. The van der Waals surface area contributed by atoms with Crippen LogP contribution in [0, 0.1) is 6.92 Å². The Bertz CT molecular complexity index is 563. The number of likely N-dealkylation sites (N-methyl/N-ethyl adjacent to an activating group) is 1. The van der Waals surface area contributed by atoms with Gasteiger partial charge in [0.15, 0.2) is 10.9 Å². The van der Waals surface area contributed by atoms with Gasteiger partial charge in [0.1, 0.15) is 0 Å². The van der Waals surface area contributed by atoms with Crippen LogP contribution in [0.15, 0.2) is 30.3 Å².